The van der Waals surface area contributed by atoms with Crippen LogP contribution in [0.1, 0.15) is 56.3 Å². The molecule has 7 nitrogen and oxygen atoms in total. The number of primary amides is 1. The van der Waals surface area contributed by atoms with E-state index >= 15 is 0 Å². The summed E-state index contributed by atoms with van der Waals surface area (Å²) in [6.45, 7) is 3.27. The predicted octanol–water partition coefficient (Wildman–Crippen LogP) is 3.80. The molecule has 2 unspecified atom stereocenters. The van der Waals surface area contributed by atoms with Gasteiger partial charge in [-0.25, -0.2) is 9.37 Å². The van der Waals surface area contributed by atoms with Crippen molar-refractivity contribution in [3.05, 3.63) is 52.9 Å². The number of benzene rings is 1. The molecule has 2 atom stereocenters. The minimum Gasteiger partial charge on any atom is -0.476 e. The number of pyridine rings is 1. The molecule has 0 spiro atoms. The Kier molecular flexibility index (Phi) is 5.75. The van der Waals surface area contributed by atoms with Crippen LogP contribution in [0.3, 0.4) is 0 Å². The van der Waals surface area contributed by atoms with Crippen LogP contribution >= 0.6 is 11.6 Å². The lowest BCUT2D eigenvalue weighted by Gasteiger charge is -2.47. The number of nitrogens with one attached hydrogen (secondary N) is 1. The maximum Gasteiger partial charge on any atom is 0.265 e. The normalized spacial score (nSPS) is 22.5. The average molecular weight is 461 g/mol. The lowest BCUT2D eigenvalue weighted by atomic mass is 9.94. The number of carbonyl (C=O) groups excluding carboxylic acids is 2. The number of anilines is 1. The number of nitrogens with two attached hydrogens (primary N) is 1. The highest BCUT2D eigenvalue weighted by Gasteiger charge is 2.52. The van der Waals surface area contributed by atoms with E-state index in [0.717, 1.165) is 25.3 Å². The molecule has 3 N–H and O–H groups in total. The molecule has 2 aliphatic heterocycles. The van der Waals surface area contributed by atoms with Gasteiger partial charge in [0.15, 0.2) is 5.60 Å². The molecule has 2 aromatic rings. The number of amides is 2. The molecule has 1 aromatic carbocycles. The molecule has 9 heteroatoms. The van der Waals surface area contributed by atoms with Crippen molar-refractivity contribution in [2.45, 2.75) is 63.3 Å². The first-order valence-electron chi connectivity index (χ1n) is 10.6. The molecule has 2 aliphatic rings. The summed E-state index contributed by atoms with van der Waals surface area (Å²) in [6, 6.07) is 7.23. The Labute approximate surface area is 191 Å². The van der Waals surface area contributed by atoms with Crippen LogP contribution in [0.25, 0.3) is 0 Å². The number of ether oxygens (including phenoxy) is 1. The monoisotopic (exact) mass is 460 g/mol. The Hall–Kier alpha value is -2.87. The third-order valence-corrected chi connectivity index (χ3v) is 6.57. The molecular formula is C23H26ClFN4O3. The van der Waals surface area contributed by atoms with E-state index in [9.17, 15) is 14.0 Å². The van der Waals surface area contributed by atoms with Gasteiger partial charge in [-0.2, -0.15) is 0 Å². The van der Waals surface area contributed by atoms with Gasteiger partial charge in [-0.15, -0.1) is 0 Å². The zero-order valence-corrected chi connectivity index (χ0v) is 18.8. The first-order valence-corrected chi connectivity index (χ1v) is 11.0. The van der Waals surface area contributed by atoms with Gasteiger partial charge < -0.3 is 20.7 Å². The van der Waals surface area contributed by atoms with Gasteiger partial charge in [0.2, 0.25) is 0 Å². The fourth-order valence-corrected chi connectivity index (χ4v) is 4.94. The van der Waals surface area contributed by atoms with E-state index < -0.39 is 23.0 Å². The summed E-state index contributed by atoms with van der Waals surface area (Å²) in [5, 5.41) is 3.27. The predicted molar refractivity (Wildman–Crippen MR) is 119 cm³/mol. The summed E-state index contributed by atoms with van der Waals surface area (Å²) in [6.07, 6.45) is 5.78. The summed E-state index contributed by atoms with van der Waals surface area (Å²) in [5.74, 6) is -0.686. The average Bonchev–Trinajstić information content (AvgIpc) is 2.94. The summed E-state index contributed by atoms with van der Waals surface area (Å²) < 4.78 is 19.3. The smallest absolute Gasteiger partial charge is 0.265 e. The van der Waals surface area contributed by atoms with Crippen LogP contribution < -0.4 is 20.7 Å². The molecule has 0 radical (unpaired) electrons. The van der Waals surface area contributed by atoms with E-state index in [1.54, 1.807) is 32.2 Å². The third kappa shape index (κ3) is 3.99. The summed E-state index contributed by atoms with van der Waals surface area (Å²) >= 11 is 6.09. The van der Waals surface area contributed by atoms with Gasteiger partial charge in [0.05, 0.1) is 10.6 Å². The lowest BCUT2D eigenvalue weighted by molar-refractivity contribution is -0.136. The second-order valence-corrected chi connectivity index (χ2v) is 9.27. The minimum atomic E-state index is -1.28. The van der Waals surface area contributed by atoms with Crippen LogP contribution in [-0.4, -0.2) is 34.1 Å². The molecule has 0 saturated carbocycles. The fourth-order valence-electron chi connectivity index (χ4n) is 4.74. The molecule has 2 amide bonds. The molecule has 32 heavy (non-hydrogen) atoms. The van der Waals surface area contributed by atoms with Crippen molar-refractivity contribution in [3.63, 3.8) is 0 Å². The number of aromatic nitrogens is 1. The maximum absolute atomic E-state index is 13.4. The molecule has 170 valence electrons. The van der Waals surface area contributed by atoms with Gasteiger partial charge in [0.1, 0.15) is 23.0 Å². The molecular weight excluding hydrogens is 435 g/mol. The number of fused-ring (bicyclic) bond motifs is 2. The van der Waals surface area contributed by atoms with Crippen LogP contribution in [-0.2, 0) is 4.79 Å². The van der Waals surface area contributed by atoms with Crippen molar-refractivity contribution in [2.75, 3.05) is 4.90 Å². The molecule has 2 saturated heterocycles. The van der Waals surface area contributed by atoms with Crippen molar-refractivity contribution in [3.8, 4) is 5.75 Å². The van der Waals surface area contributed by atoms with Crippen LogP contribution in [0, 0.1) is 5.82 Å². The molecule has 4 rings (SSSR count). The Morgan fingerprint density at radius 3 is 2.81 bits per heavy atom. The second kappa shape index (κ2) is 8.24. The van der Waals surface area contributed by atoms with Crippen molar-refractivity contribution >= 4 is 29.2 Å². The number of hydrogen-bond donors (Lipinski definition) is 2. The van der Waals surface area contributed by atoms with Crippen molar-refractivity contribution in [1.82, 2.24) is 10.3 Å². The van der Waals surface area contributed by atoms with E-state index in [-0.39, 0.29) is 22.7 Å². The molecule has 0 aliphatic carbocycles. The molecule has 2 bridgehead atoms. The first-order chi connectivity index (χ1) is 15.1. The van der Waals surface area contributed by atoms with E-state index in [2.05, 4.69) is 15.2 Å². The number of rotatable bonds is 6. The highest BCUT2D eigenvalue weighted by molar-refractivity contribution is 6.32. The van der Waals surface area contributed by atoms with Gasteiger partial charge in [-0.3, -0.25) is 9.59 Å². The Bertz CT molecular complexity index is 1060. The van der Waals surface area contributed by atoms with Crippen molar-refractivity contribution in [2.24, 2.45) is 5.73 Å². The maximum atomic E-state index is 13.4. The fraction of sp³-hybridized carbons (Fsp3) is 0.435. The van der Waals surface area contributed by atoms with E-state index in [4.69, 9.17) is 22.1 Å². The van der Waals surface area contributed by atoms with E-state index in [0.29, 0.717) is 24.2 Å². The van der Waals surface area contributed by atoms with Gasteiger partial charge in [-0.1, -0.05) is 11.6 Å². The van der Waals surface area contributed by atoms with Crippen molar-refractivity contribution < 1.29 is 18.7 Å². The summed E-state index contributed by atoms with van der Waals surface area (Å²) in [4.78, 5) is 32.0. The molecule has 3 heterocycles. The lowest BCUT2D eigenvalue weighted by Crippen LogP contribution is -2.65. The summed E-state index contributed by atoms with van der Waals surface area (Å²) in [5.41, 5.74) is 3.95. The largest absolute Gasteiger partial charge is 0.476 e. The number of halogens is 2. The van der Waals surface area contributed by atoms with E-state index in [1.807, 2.05) is 0 Å². The zero-order valence-electron chi connectivity index (χ0n) is 18.0. The van der Waals surface area contributed by atoms with Crippen LogP contribution in [0.2, 0.25) is 5.02 Å². The Morgan fingerprint density at radius 2 is 2.09 bits per heavy atom. The first kappa shape index (κ1) is 22.3. The van der Waals surface area contributed by atoms with Crippen LogP contribution in [0.15, 0.2) is 36.5 Å². The minimum absolute atomic E-state index is 0.0869. The van der Waals surface area contributed by atoms with Crippen LogP contribution in [0.4, 0.5) is 10.2 Å². The topological polar surface area (TPSA) is 97.6 Å². The summed E-state index contributed by atoms with van der Waals surface area (Å²) in [7, 11) is 0. The standard InChI is InChI=1S/C23H26ClFN4O3/c1-22(2,32-18-8-7-14(25)13-17(18)24)21(31)28-23-10-3-5-15(9-11-23)29(23)20-16(19(26)30)6-4-12-27-20/h4,6-8,12-13,15H,3,5,9-11H2,1-2H3,(H2,26,30)(H,28,31). The third-order valence-electron chi connectivity index (χ3n) is 6.28. The number of nitrogens with zero attached hydrogens (tertiary/aromatic N) is 2. The quantitative estimate of drug-likeness (QED) is 0.683. The van der Waals surface area contributed by atoms with Gasteiger partial charge >= 0.3 is 0 Å². The Morgan fingerprint density at radius 1 is 1.31 bits per heavy atom. The van der Waals surface area contributed by atoms with Gasteiger partial charge in [0.25, 0.3) is 11.8 Å². The number of piperidine rings is 1. The van der Waals surface area contributed by atoms with Gasteiger partial charge in [0, 0.05) is 12.2 Å². The number of hydrogen-bond acceptors (Lipinski definition) is 5. The zero-order chi connectivity index (χ0) is 23.1. The van der Waals surface area contributed by atoms with E-state index in [1.165, 1.54) is 12.1 Å². The Balaban J connectivity index is 1.63. The molecule has 2 fully saturated rings. The van der Waals surface area contributed by atoms with Gasteiger partial charge in [-0.05, 0) is 76.3 Å². The SMILES string of the molecule is CC(C)(Oc1ccc(F)cc1Cl)C(=O)NC12CCCC(CC1)N2c1ncccc1C(N)=O. The highest BCUT2D eigenvalue weighted by Crippen LogP contribution is 2.45. The molecule has 1 aromatic heterocycles. The highest BCUT2D eigenvalue weighted by atomic mass is 35.5. The van der Waals surface area contributed by atoms with Crippen LogP contribution in [0.5, 0.6) is 5.75 Å². The second-order valence-electron chi connectivity index (χ2n) is 8.87. The number of carbonyl (C=O) groups is 2. The van der Waals surface area contributed by atoms with Crippen molar-refractivity contribution in [1.29, 1.82) is 0 Å².